The average molecular weight is 425 g/mol. The molecule has 2 aromatic carbocycles. The minimum Gasteiger partial charge on any atom is -0.349 e. The molecule has 138 valence electrons. The molecule has 2 aliphatic carbocycles. The van der Waals surface area contributed by atoms with E-state index in [0.29, 0.717) is 11.6 Å². The number of halogens is 1. The van der Waals surface area contributed by atoms with Gasteiger partial charge in [-0.2, -0.15) is 0 Å². The van der Waals surface area contributed by atoms with Gasteiger partial charge in [-0.15, -0.1) is 0 Å². The van der Waals surface area contributed by atoms with E-state index in [9.17, 15) is 9.59 Å². The zero-order chi connectivity index (χ0) is 18.9. The van der Waals surface area contributed by atoms with E-state index in [-0.39, 0.29) is 17.4 Å². The predicted molar refractivity (Wildman–Crippen MR) is 109 cm³/mol. The van der Waals surface area contributed by atoms with Gasteiger partial charge in [0.15, 0.2) is 0 Å². The number of hydrogen-bond acceptors (Lipinski definition) is 2. The Kier molecular flexibility index (Phi) is 4.87. The van der Waals surface area contributed by atoms with E-state index in [1.54, 1.807) is 24.3 Å². The summed E-state index contributed by atoms with van der Waals surface area (Å²) in [6, 6.07) is 15.7. The van der Waals surface area contributed by atoms with Crippen molar-refractivity contribution in [1.29, 1.82) is 0 Å². The lowest BCUT2D eigenvalue weighted by molar-refractivity contribution is -0.117. The highest BCUT2D eigenvalue weighted by Gasteiger charge is 2.45. The van der Waals surface area contributed by atoms with Crippen LogP contribution in [0.3, 0.4) is 0 Å². The summed E-state index contributed by atoms with van der Waals surface area (Å²) in [5, 5.41) is 6.09. The lowest BCUT2D eigenvalue weighted by Crippen LogP contribution is -2.33. The van der Waals surface area contributed by atoms with E-state index in [4.69, 9.17) is 0 Å². The van der Waals surface area contributed by atoms with Gasteiger partial charge >= 0.3 is 0 Å². The number of amides is 2. The summed E-state index contributed by atoms with van der Waals surface area (Å²) < 4.78 is 1.03. The lowest BCUT2D eigenvalue weighted by atomic mass is 10.0. The van der Waals surface area contributed by atoms with E-state index in [1.165, 1.54) is 0 Å². The van der Waals surface area contributed by atoms with Crippen LogP contribution in [0.15, 0.2) is 59.1 Å². The van der Waals surface area contributed by atoms with Crippen LogP contribution in [0.5, 0.6) is 0 Å². The fourth-order valence-electron chi connectivity index (χ4n) is 3.07. The first kappa shape index (κ1) is 18.0. The van der Waals surface area contributed by atoms with Gasteiger partial charge in [-0.3, -0.25) is 9.59 Å². The number of hydrogen-bond donors (Lipinski definition) is 2. The van der Waals surface area contributed by atoms with Gasteiger partial charge in [0, 0.05) is 22.2 Å². The van der Waals surface area contributed by atoms with Crippen LogP contribution in [0.4, 0.5) is 0 Å². The molecule has 0 saturated heterocycles. The SMILES string of the molecule is O=C(C=Cc1ccc(C(=O)NC2CC2)cc1)NC1(c2ccc(Br)cc2)CC1. The maximum Gasteiger partial charge on any atom is 0.251 e. The molecule has 4 rings (SSSR count). The van der Waals surface area contributed by atoms with Crippen molar-refractivity contribution in [2.75, 3.05) is 0 Å². The third-order valence-electron chi connectivity index (χ3n) is 5.02. The van der Waals surface area contributed by atoms with Crippen LogP contribution >= 0.6 is 15.9 Å². The van der Waals surface area contributed by atoms with Crippen LogP contribution in [-0.4, -0.2) is 17.9 Å². The van der Waals surface area contributed by atoms with Crippen LogP contribution in [0, 0.1) is 0 Å². The second-order valence-electron chi connectivity index (χ2n) is 7.28. The second kappa shape index (κ2) is 7.31. The molecule has 0 aliphatic heterocycles. The quantitative estimate of drug-likeness (QED) is 0.683. The summed E-state index contributed by atoms with van der Waals surface area (Å²) in [7, 11) is 0. The second-order valence-corrected chi connectivity index (χ2v) is 8.20. The number of rotatable bonds is 6. The molecule has 0 bridgehead atoms. The minimum atomic E-state index is -0.229. The molecule has 27 heavy (non-hydrogen) atoms. The number of benzene rings is 2. The summed E-state index contributed by atoms with van der Waals surface area (Å²) in [4.78, 5) is 24.3. The summed E-state index contributed by atoms with van der Waals surface area (Å²) >= 11 is 3.44. The maximum absolute atomic E-state index is 12.3. The molecule has 5 heteroatoms. The molecule has 0 heterocycles. The molecule has 2 saturated carbocycles. The van der Waals surface area contributed by atoms with Gasteiger partial charge in [-0.05, 0) is 67.2 Å². The molecule has 2 N–H and O–H groups in total. The predicted octanol–water partition coefficient (Wildman–Crippen LogP) is 4.16. The summed E-state index contributed by atoms with van der Waals surface area (Å²) in [5.41, 5.74) is 2.45. The Hall–Kier alpha value is -2.40. The maximum atomic E-state index is 12.3. The molecule has 2 fully saturated rings. The topological polar surface area (TPSA) is 58.2 Å². The number of carbonyl (C=O) groups excluding carboxylic acids is 2. The molecule has 0 spiro atoms. The zero-order valence-corrected chi connectivity index (χ0v) is 16.5. The van der Waals surface area contributed by atoms with Crippen molar-refractivity contribution in [1.82, 2.24) is 10.6 Å². The molecule has 0 aromatic heterocycles. The number of nitrogens with one attached hydrogen (secondary N) is 2. The van der Waals surface area contributed by atoms with Crippen molar-refractivity contribution in [3.8, 4) is 0 Å². The first-order chi connectivity index (χ1) is 13.0. The average Bonchev–Trinajstić information content (AvgIpc) is 3.59. The molecular formula is C22H21BrN2O2. The lowest BCUT2D eigenvalue weighted by Gasteiger charge is -2.17. The summed E-state index contributed by atoms with van der Waals surface area (Å²) in [6.45, 7) is 0. The normalized spacial score (nSPS) is 17.5. The van der Waals surface area contributed by atoms with Crippen molar-refractivity contribution < 1.29 is 9.59 Å². The van der Waals surface area contributed by atoms with E-state index < -0.39 is 0 Å². The summed E-state index contributed by atoms with van der Waals surface area (Å²) in [5.74, 6) is -0.137. The third kappa shape index (κ3) is 4.48. The van der Waals surface area contributed by atoms with E-state index in [0.717, 1.165) is 41.3 Å². The van der Waals surface area contributed by atoms with Gasteiger partial charge in [0.25, 0.3) is 5.91 Å². The Bertz CT molecular complexity index is 880. The smallest absolute Gasteiger partial charge is 0.251 e. The van der Waals surface area contributed by atoms with Crippen molar-refractivity contribution in [2.45, 2.75) is 37.3 Å². The van der Waals surface area contributed by atoms with E-state index in [2.05, 4.69) is 26.6 Å². The Morgan fingerprint density at radius 3 is 2.26 bits per heavy atom. The Morgan fingerprint density at radius 1 is 1.00 bits per heavy atom. The fourth-order valence-corrected chi connectivity index (χ4v) is 3.34. The molecule has 2 amide bonds. The zero-order valence-electron chi connectivity index (χ0n) is 14.9. The van der Waals surface area contributed by atoms with Crippen LogP contribution < -0.4 is 10.6 Å². The monoisotopic (exact) mass is 424 g/mol. The molecule has 2 aromatic rings. The third-order valence-corrected chi connectivity index (χ3v) is 5.55. The molecule has 0 unspecified atom stereocenters. The van der Waals surface area contributed by atoms with Crippen LogP contribution in [-0.2, 0) is 10.3 Å². The van der Waals surface area contributed by atoms with Crippen LogP contribution in [0.2, 0.25) is 0 Å². The van der Waals surface area contributed by atoms with Crippen LogP contribution in [0.1, 0.15) is 47.2 Å². The molecular weight excluding hydrogens is 404 g/mol. The molecule has 0 atom stereocenters. The first-order valence-electron chi connectivity index (χ1n) is 9.21. The van der Waals surface area contributed by atoms with E-state index >= 15 is 0 Å². The Morgan fingerprint density at radius 2 is 1.67 bits per heavy atom. The highest BCUT2D eigenvalue weighted by molar-refractivity contribution is 9.10. The highest BCUT2D eigenvalue weighted by Crippen LogP contribution is 2.45. The fraction of sp³-hybridized carbons (Fsp3) is 0.273. The van der Waals surface area contributed by atoms with Gasteiger partial charge < -0.3 is 10.6 Å². The molecule has 0 radical (unpaired) electrons. The molecule has 4 nitrogen and oxygen atoms in total. The van der Waals surface area contributed by atoms with Gasteiger partial charge in [-0.1, -0.05) is 40.2 Å². The number of carbonyl (C=O) groups is 2. The Labute approximate surface area is 167 Å². The van der Waals surface area contributed by atoms with Crippen molar-refractivity contribution in [3.63, 3.8) is 0 Å². The Balaban J connectivity index is 1.35. The van der Waals surface area contributed by atoms with Crippen molar-refractivity contribution in [3.05, 3.63) is 75.8 Å². The van der Waals surface area contributed by atoms with Gasteiger partial charge in [0.1, 0.15) is 0 Å². The van der Waals surface area contributed by atoms with Crippen LogP contribution in [0.25, 0.3) is 6.08 Å². The molecule has 2 aliphatic rings. The highest BCUT2D eigenvalue weighted by atomic mass is 79.9. The van der Waals surface area contributed by atoms with Crippen molar-refractivity contribution in [2.24, 2.45) is 0 Å². The van der Waals surface area contributed by atoms with E-state index in [1.807, 2.05) is 36.4 Å². The first-order valence-corrected chi connectivity index (χ1v) is 10.0. The summed E-state index contributed by atoms with van der Waals surface area (Å²) in [6.07, 6.45) is 7.39. The van der Waals surface area contributed by atoms with Gasteiger partial charge in [-0.25, -0.2) is 0 Å². The standard InChI is InChI=1S/C22H21BrN2O2/c23-18-8-6-17(7-9-18)22(13-14-22)25-20(26)12-3-15-1-4-16(5-2-15)21(27)24-19-10-11-19/h1-9,12,19H,10-11,13-14H2,(H,24,27)(H,25,26). The van der Waals surface area contributed by atoms with Gasteiger partial charge in [0.05, 0.1) is 5.54 Å². The largest absolute Gasteiger partial charge is 0.349 e. The van der Waals surface area contributed by atoms with Crippen molar-refractivity contribution >= 4 is 33.8 Å². The minimum absolute atomic E-state index is 0.0315. The van der Waals surface area contributed by atoms with Gasteiger partial charge in [0.2, 0.25) is 5.91 Å².